The summed E-state index contributed by atoms with van der Waals surface area (Å²) < 4.78 is 0. The molecule has 56 valence electrons. The van der Waals surface area contributed by atoms with Crippen molar-refractivity contribution in [3.05, 3.63) is 36.5 Å². The van der Waals surface area contributed by atoms with E-state index in [1.54, 1.807) is 0 Å². The third-order valence-corrected chi connectivity index (χ3v) is 1.11. The zero-order valence-corrected chi connectivity index (χ0v) is 6.88. The summed E-state index contributed by atoms with van der Waals surface area (Å²) in [5, 5.41) is 0. The zero-order chi connectivity index (χ0) is 7.66. The van der Waals surface area contributed by atoms with Gasteiger partial charge in [-0.05, 0) is 19.8 Å². The van der Waals surface area contributed by atoms with Crippen molar-refractivity contribution in [1.82, 2.24) is 0 Å². The molecule has 0 N–H and O–H groups in total. The number of allylic oxidation sites excluding steroid dienone is 6. The maximum Gasteiger partial charge on any atom is -0.0166 e. The van der Waals surface area contributed by atoms with E-state index in [1.807, 2.05) is 19.1 Å². The van der Waals surface area contributed by atoms with Crippen molar-refractivity contribution in [2.75, 3.05) is 0 Å². The average Bonchev–Trinajstić information content (AvgIpc) is 1.97. The SMILES string of the molecule is CC=CC=CCC=CCC. The Bertz CT molecular complexity index is 127. The van der Waals surface area contributed by atoms with E-state index in [1.165, 1.54) is 0 Å². The number of hydrogen-bond acceptors (Lipinski definition) is 0. The van der Waals surface area contributed by atoms with Crippen molar-refractivity contribution in [1.29, 1.82) is 0 Å². The van der Waals surface area contributed by atoms with Crippen molar-refractivity contribution < 1.29 is 0 Å². The molecule has 10 heavy (non-hydrogen) atoms. The monoisotopic (exact) mass is 136 g/mol. The first kappa shape index (κ1) is 9.22. The molecule has 0 radical (unpaired) electrons. The van der Waals surface area contributed by atoms with E-state index in [0.29, 0.717) is 0 Å². The van der Waals surface area contributed by atoms with Gasteiger partial charge in [0.15, 0.2) is 0 Å². The standard InChI is InChI=1S/C10H16/c1-3-5-7-9-10-8-6-4-2/h3,5-9H,4,10H2,1-2H3. The summed E-state index contributed by atoms with van der Waals surface area (Å²) >= 11 is 0. The summed E-state index contributed by atoms with van der Waals surface area (Å²) in [6.07, 6.45) is 14.8. The molecule has 0 aromatic heterocycles. The van der Waals surface area contributed by atoms with Gasteiger partial charge < -0.3 is 0 Å². The summed E-state index contributed by atoms with van der Waals surface area (Å²) in [4.78, 5) is 0. The molecule has 0 heterocycles. The van der Waals surface area contributed by atoms with Crippen molar-refractivity contribution in [2.24, 2.45) is 0 Å². The molecule has 0 aromatic rings. The van der Waals surface area contributed by atoms with Gasteiger partial charge in [0.1, 0.15) is 0 Å². The van der Waals surface area contributed by atoms with E-state index in [4.69, 9.17) is 0 Å². The number of hydrogen-bond donors (Lipinski definition) is 0. The Hall–Kier alpha value is -0.780. The molecule has 0 aromatic carbocycles. The number of rotatable bonds is 4. The van der Waals surface area contributed by atoms with Gasteiger partial charge in [-0.1, -0.05) is 43.4 Å². The highest BCUT2D eigenvalue weighted by molar-refractivity contribution is 5.03. The zero-order valence-electron chi connectivity index (χ0n) is 6.88. The maximum absolute atomic E-state index is 2.18. The van der Waals surface area contributed by atoms with Gasteiger partial charge in [0.2, 0.25) is 0 Å². The van der Waals surface area contributed by atoms with Gasteiger partial charge in [0, 0.05) is 0 Å². The van der Waals surface area contributed by atoms with Crippen LogP contribution < -0.4 is 0 Å². The lowest BCUT2D eigenvalue weighted by atomic mass is 10.3. The molecule has 0 bridgehead atoms. The molecule has 0 aliphatic heterocycles. The lowest BCUT2D eigenvalue weighted by Crippen LogP contribution is -1.57. The van der Waals surface area contributed by atoms with Crippen LogP contribution in [0.15, 0.2) is 36.5 Å². The van der Waals surface area contributed by atoms with Crippen LogP contribution >= 0.6 is 0 Å². The Morgan fingerprint density at radius 2 is 1.80 bits per heavy atom. The molecule has 0 aliphatic carbocycles. The third kappa shape index (κ3) is 7.22. The minimum absolute atomic E-state index is 1.05. The smallest absolute Gasteiger partial charge is 0.0166 e. The molecule has 0 unspecified atom stereocenters. The fourth-order valence-electron chi connectivity index (χ4n) is 0.610. The van der Waals surface area contributed by atoms with Crippen molar-refractivity contribution in [3.8, 4) is 0 Å². The van der Waals surface area contributed by atoms with Crippen molar-refractivity contribution in [2.45, 2.75) is 26.7 Å². The van der Waals surface area contributed by atoms with Crippen LogP contribution in [-0.4, -0.2) is 0 Å². The van der Waals surface area contributed by atoms with Crippen molar-refractivity contribution in [3.63, 3.8) is 0 Å². The second-order valence-corrected chi connectivity index (χ2v) is 2.07. The second kappa shape index (κ2) is 8.22. The van der Waals surface area contributed by atoms with Crippen LogP contribution in [0.4, 0.5) is 0 Å². The van der Waals surface area contributed by atoms with Crippen LogP contribution in [0.25, 0.3) is 0 Å². The molecular formula is C10H16. The minimum atomic E-state index is 1.05. The van der Waals surface area contributed by atoms with Crippen LogP contribution in [0.5, 0.6) is 0 Å². The van der Waals surface area contributed by atoms with Crippen molar-refractivity contribution >= 4 is 0 Å². The molecule has 0 heteroatoms. The first-order valence-electron chi connectivity index (χ1n) is 3.84. The fourth-order valence-corrected chi connectivity index (χ4v) is 0.610. The first-order chi connectivity index (χ1) is 4.91. The van der Waals surface area contributed by atoms with Gasteiger partial charge in [0.05, 0.1) is 0 Å². The molecule has 0 aliphatic rings. The van der Waals surface area contributed by atoms with E-state index in [9.17, 15) is 0 Å². The molecule has 0 amide bonds. The molecule has 0 rings (SSSR count). The van der Waals surface area contributed by atoms with Gasteiger partial charge in [-0.25, -0.2) is 0 Å². The van der Waals surface area contributed by atoms with Gasteiger partial charge in [-0.15, -0.1) is 0 Å². The summed E-state index contributed by atoms with van der Waals surface area (Å²) in [7, 11) is 0. The van der Waals surface area contributed by atoms with Gasteiger partial charge in [-0.3, -0.25) is 0 Å². The minimum Gasteiger partial charge on any atom is -0.0885 e. The molecule has 0 atom stereocenters. The lowest BCUT2D eigenvalue weighted by molar-refractivity contribution is 1.20. The van der Waals surface area contributed by atoms with Crippen LogP contribution in [-0.2, 0) is 0 Å². The highest BCUT2D eigenvalue weighted by Gasteiger charge is 1.67. The summed E-state index contributed by atoms with van der Waals surface area (Å²) in [6, 6.07) is 0. The first-order valence-corrected chi connectivity index (χ1v) is 3.84. The topological polar surface area (TPSA) is 0 Å². The predicted octanol–water partition coefficient (Wildman–Crippen LogP) is 3.48. The quantitative estimate of drug-likeness (QED) is 0.410. The summed E-state index contributed by atoms with van der Waals surface area (Å²) in [6.45, 7) is 4.17. The molecular weight excluding hydrogens is 120 g/mol. The normalized spacial score (nSPS) is 12.6. The van der Waals surface area contributed by atoms with Crippen LogP contribution in [0.1, 0.15) is 26.7 Å². The second-order valence-electron chi connectivity index (χ2n) is 2.07. The Morgan fingerprint density at radius 1 is 1.00 bits per heavy atom. The van der Waals surface area contributed by atoms with Crippen LogP contribution in [0.3, 0.4) is 0 Å². The third-order valence-electron chi connectivity index (χ3n) is 1.11. The molecule has 0 nitrogen and oxygen atoms in total. The average molecular weight is 136 g/mol. The largest absolute Gasteiger partial charge is 0.0885 e. The van der Waals surface area contributed by atoms with Gasteiger partial charge in [-0.2, -0.15) is 0 Å². The lowest BCUT2D eigenvalue weighted by Gasteiger charge is -1.78. The highest BCUT2D eigenvalue weighted by Crippen LogP contribution is 1.88. The Kier molecular flexibility index (Phi) is 7.58. The molecule has 0 spiro atoms. The Morgan fingerprint density at radius 3 is 2.40 bits per heavy atom. The highest BCUT2D eigenvalue weighted by atomic mass is 13.7. The Labute approximate surface area is 64.0 Å². The maximum atomic E-state index is 2.18. The Balaban J connectivity index is 3.26. The van der Waals surface area contributed by atoms with Gasteiger partial charge >= 0.3 is 0 Å². The van der Waals surface area contributed by atoms with E-state index in [2.05, 4.69) is 31.2 Å². The summed E-state index contributed by atoms with van der Waals surface area (Å²) in [5.41, 5.74) is 0. The molecule has 0 fully saturated rings. The molecule has 0 saturated carbocycles. The van der Waals surface area contributed by atoms with E-state index < -0.39 is 0 Å². The fraction of sp³-hybridized carbons (Fsp3) is 0.400. The summed E-state index contributed by atoms with van der Waals surface area (Å²) in [5.74, 6) is 0. The van der Waals surface area contributed by atoms with Gasteiger partial charge in [0.25, 0.3) is 0 Å². The van der Waals surface area contributed by atoms with Crippen LogP contribution in [0, 0.1) is 0 Å². The predicted molar refractivity (Wildman–Crippen MR) is 48.0 cm³/mol. The molecule has 0 saturated heterocycles. The van der Waals surface area contributed by atoms with Crippen LogP contribution in [0.2, 0.25) is 0 Å². The van der Waals surface area contributed by atoms with E-state index >= 15 is 0 Å². The van der Waals surface area contributed by atoms with E-state index in [0.717, 1.165) is 12.8 Å². The van der Waals surface area contributed by atoms with E-state index in [-0.39, 0.29) is 0 Å².